The summed E-state index contributed by atoms with van der Waals surface area (Å²) in [6.07, 6.45) is -1.62. The maximum atomic E-state index is 12.4. The van der Waals surface area contributed by atoms with Gasteiger partial charge < -0.3 is 4.90 Å². The van der Waals surface area contributed by atoms with Crippen molar-refractivity contribution >= 4 is 32.1 Å². The third kappa shape index (κ3) is 5.32. The molecule has 24 heavy (non-hydrogen) atoms. The number of carbonyl (C=O) groups is 1. The van der Waals surface area contributed by atoms with E-state index in [0.717, 1.165) is 26.2 Å². The molecule has 136 valence electrons. The zero-order chi connectivity index (χ0) is 17.7. The molecule has 2 aliphatic rings. The van der Waals surface area contributed by atoms with Crippen LogP contribution >= 0.6 is 0 Å². The summed E-state index contributed by atoms with van der Waals surface area (Å²) in [5, 5.41) is 13.5. The summed E-state index contributed by atoms with van der Waals surface area (Å²) >= 11 is 0.421. The number of aliphatic hydroxyl groups is 1. The Morgan fingerprint density at radius 3 is 2.62 bits per heavy atom. The summed E-state index contributed by atoms with van der Waals surface area (Å²) in [6.45, 7) is 6.35. The molecule has 5 unspecified atom stereocenters. The Balaban J connectivity index is 1.90. The SMILES string of the molecule is COC1OC(C[O][Tl])C(C)C(O)C1NC(=O)CN1CCN(C)CC1. The van der Waals surface area contributed by atoms with Crippen LogP contribution in [0, 0.1) is 5.92 Å². The first-order valence-corrected chi connectivity index (χ1v) is 10.2. The van der Waals surface area contributed by atoms with Crippen molar-refractivity contribution in [2.24, 2.45) is 5.92 Å². The predicted molar refractivity (Wildman–Crippen MR) is 88.4 cm³/mol. The Hall–Kier alpha value is 0.152. The van der Waals surface area contributed by atoms with Gasteiger partial charge in [0, 0.05) is 0 Å². The Labute approximate surface area is 160 Å². The van der Waals surface area contributed by atoms with Crippen LogP contribution in [0.3, 0.4) is 0 Å². The molecule has 8 nitrogen and oxygen atoms in total. The van der Waals surface area contributed by atoms with E-state index in [1.807, 2.05) is 6.92 Å². The summed E-state index contributed by atoms with van der Waals surface area (Å²) in [6, 6.07) is -0.572. The molecule has 0 bridgehead atoms. The molecule has 0 radical (unpaired) electrons. The van der Waals surface area contributed by atoms with E-state index in [1.165, 1.54) is 7.11 Å². The second kappa shape index (κ2) is 9.74. The summed E-state index contributed by atoms with van der Waals surface area (Å²) in [4.78, 5) is 16.7. The number of hydrogen-bond acceptors (Lipinski definition) is 7. The van der Waals surface area contributed by atoms with Crippen molar-refractivity contribution in [3.8, 4) is 0 Å². The van der Waals surface area contributed by atoms with Crippen molar-refractivity contribution in [2.45, 2.75) is 31.5 Å². The molecule has 0 aromatic rings. The second-order valence-corrected chi connectivity index (χ2v) is 7.93. The molecule has 2 aliphatic heterocycles. The van der Waals surface area contributed by atoms with Gasteiger partial charge in [-0.25, -0.2) is 0 Å². The molecule has 0 aromatic heterocycles. The van der Waals surface area contributed by atoms with Gasteiger partial charge in [0.2, 0.25) is 0 Å². The minimum absolute atomic E-state index is 0.111. The fourth-order valence-corrected chi connectivity index (χ4v) is 3.91. The van der Waals surface area contributed by atoms with Gasteiger partial charge in [0.25, 0.3) is 0 Å². The molecule has 2 saturated heterocycles. The number of nitrogens with one attached hydrogen (secondary N) is 1. The van der Waals surface area contributed by atoms with E-state index in [-0.39, 0.29) is 17.9 Å². The molecule has 0 saturated carbocycles. The van der Waals surface area contributed by atoms with E-state index in [9.17, 15) is 9.90 Å². The molecule has 9 heteroatoms. The first-order valence-electron chi connectivity index (χ1n) is 8.34. The molecule has 0 aliphatic carbocycles. The standard InChI is InChI=1S/C15H28N3O5.Tl/c1-10-11(9-19)23-15(22-3)13(14(10)21)16-12(20)8-18-6-4-17(2)5-7-18;/h10-11,13-15,21H,4-9H2,1-3H3,(H,16,20);/q-1;+1. The Kier molecular flexibility index (Phi) is 8.31. The topological polar surface area (TPSA) is 83.5 Å². The number of aliphatic hydroxyl groups excluding tert-OH is 1. The Morgan fingerprint density at radius 2 is 2.04 bits per heavy atom. The maximum absolute atomic E-state index is 12.4. The number of ether oxygens (including phenoxy) is 2. The van der Waals surface area contributed by atoms with Crippen LogP contribution in [0.4, 0.5) is 0 Å². The van der Waals surface area contributed by atoms with Gasteiger partial charge in [0.1, 0.15) is 0 Å². The number of amides is 1. The van der Waals surface area contributed by atoms with Crippen LogP contribution in [-0.4, -0.2) is 125 Å². The molecular formula is C15H28N3O5Tl. The fourth-order valence-electron chi connectivity index (χ4n) is 3.17. The molecule has 2 fully saturated rings. The number of rotatable bonds is 6. The quantitative estimate of drug-likeness (QED) is 0.389. The number of hydrogen-bond donors (Lipinski definition) is 2. The predicted octanol–water partition coefficient (Wildman–Crippen LogP) is -1.81. The Morgan fingerprint density at radius 1 is 1.38 bits per heavy atom. The first-order chi connectivity index (χ1) is 11.5. The number of carbonyl (C=O) groups excluding carboxylic acids is 1. The van der Waals surface area contributed by atoms with Crippen molar-refractivity contribution in [1.29, 1.82) is 0 Å². The van der Waals surface area contributed by atoms with E-state index >= 15 is 0 Å². The molecule has 2 heterocycles. The summed E-state index contributed by atoms with van der Waals surface area (Å²) in [5.74, 6) is -0.246. The van der Waals surface area contributed by atoms with E-state index in [2.05, 4.69) is 22.2 Å². The van der Waals surface area contributed by atoms with Gasteiger partial charge >= 0.3 is 148 Å². The molecule has 1 amide bonds. The first kappa shape index (κ1) is 20.5. The minimum atomic E-state index is -0.731. The van der Waals surface area contributed by atoms with Crippen LogP contribution in [0.1, 0.15) is 6.92 Å². The van der Waals surface area contributed by atoms with Gasteiger partial charge in [-0.3, -0.25) is 0 Å². The van der Waals surface area contributed by atoms with Gasteiger partial charge in [-0.1, -0.05) is 0 Å². The third-order valence-corrected chi connectivity index (χ3v) is 5.63. The molecule has 2 N–H and O–H groups in total. The number of piperazine rings is 1. The molecule has 0 spiro atoms. The molecule has 0 aromatic carbocycles. The van der Waals surface area contributed by atoms with Gasteiger partial charge in [0.15, 0.2) is 0 Å². The fraction of sp³-hybridized carbons (Fsp3) is 0.933. The van der Waals surface area contributed by atoms with Crippen molar-refractivity contribution in [3.63, 3.8) is 0 Å². The van der Waals surface area contributed by atoms with Gasteiger partial charge in [-0.2, -0.15) is 0 Å². The zero-order valence-electron chi connectivity index (χ0n) is 14.7. The number of nitrogens with zero attached hydrogens (tertiary/aromatic N) is 2. The van der Waals surface area contributed by atoms with E-state index in [0.29, 0.717) is 39.4 Å². The van der Waals surface area contributed by atoms with Crippen molar-refractivity contribution in [3.05, 3.63) is 0 Å². The summed E-state index contributed by atoms with van der Waals surface area (Å²) in [5.41, 5.74) is 0. The van der Waals surface area contributed by atoms with E-state index < -0.39 is 18.4 Å². The van der Waals surface area contributed by atoms with Gasteiger partial charge in [0.05, 0.1) is 0 Å². The monoisotopic (exact) mass is 535 g/mol. The zero-order valence-corrected chi connectivity index (χ0v) is 19.2. The van der Waals surface area contributed by atoms with Crippen LogP contribution in [0.25, 0.3) is 0 Å². The summed E-state index contributed by atoms with van der Waals surface area (Å²) < 4.78 is 16.5. The normalized spacial score (nSPS) is 35.7. The second-order valence-electron chi connectivity index (χ2n) is 6.63. The van der Waals surface area contributed by atoms with Crippen LogP contribution in [0.5, 0.6) is 0 Å². The summed E-state index contributed by atoms with van der Waals surface area (Å²) in [7, 11) is 3.60. The Bertz CT molecular complexity index is 407. The average Bonchev–Trinajstić information content (AvgIpc) is 2.56. The van der Waals surface area contributed by atoms with Gasteiger partial charge in [-0.05, 0) is 7.05 Å². The number of likely N-dealkylation sites (N-methyl/N-ethyl adjacent to an activating group) is 1. The van der Waals surface area contributed by atoms with Crippen molar-refractivity contribution in [1.82, 2.24) is 15.1 Å². The van der Waals surface area contributed by atoms with Crippen LogP contribution in [0.2, 0.25) is 0 Å². The van der Waals surface area contributed by atoms with Crippen LogP contribution in [0.15, 0.2) is 0 Å². The van der Waals surface area contributed by atoms with E-state index in [1.54, 1.807) is 0 Å². The molecule has 2 rings (SSSR count). The number of methoxy groups -OCH3 is 1. The molecular weight excluding hydrogens is 507 g/mol. The average molecular weight is 535 g/mol. The third-order valence-electron chi connectivity index (χ3n) is 4.88. The van der Waals surface area contributed by atoms with Crippen molar-refractivity contribution < 1.29 is 22.1 Å². The van der Waals surface area contributed by atoms with Crippen LogP contribution < -0.4 is 5.32 Å². The molecule has 5 atom stereocenters. The van der Waals surface area contributed by atoms with Crippen molar-refractivity contribution in [2.75, 3.05) is 53.5 Å². The van der Waals surface area contributed by atoms with Gasteiger partial charge in [-0.15, -0.1) is 0 Å². The van der Waals surface area contributed by atoms with Crippen LogP contribution in [-0.2, 0) is 17.0 Å². The van der Waals surface area contributed by atoms with E-state index in [4.69, 9.17) is 12.2 Å².